The Labute approximate surface area is 132 Å². The molecule has 0 aliphatic rings. The summed E-state index contributed by atoms with van der Waals surface area (Å²) in [5, 5.41) is 2.08. The van der Waals surface area contributed by atoms with E-state index in [-0.39, 0.29) is 5.82 Å². The highest BCUT2D eigenvalue weighted by Crippen LogP contribution is 2.30. The lowest BCUT2D eigenvalue weighted by Gasteiger charge is -2.07. The fourth-order valence-electron chi connectivity index (χ4n) is 2.78. The summed E-state index contributed by atoms with van der Waals surface area (Å²) in [5.41, 5.74) is 3.68. The highest BCUT2D eigenvalue weighted by atomic mass is 19.1. The van der Waals surface area contributed by atoms with Gasteiger partial charge in [0.1, 0.15) is 11.6 Å². The van der Waals surface area contributed by atoms with Gasteiger partial charge in [0.25, 0.3) is 0 Å². The molecule has 2 aromatic carbocycles. The second kappa shape index (κ2) is 5.32. The molecule has 4 rings (SSSR count). The number of imidazole rings is 1. The van der Waals surface area contributed by atoms with Crippen molar-refractivity contribution in [3.05, 3.63) is 72.7 Å². The van der Waals surface area contributed by atoms with Crippen LogP contribution in [0.5, 0.6) is 0 Å². The average Bonchev–Trinajstić information content (AvgIpc) is 3.00. The van der Waals surface area contributed by atoms with Crippen LogP contribution in [0.3, 0.4) is 0 Å². The Morgan fingerprint density at radius 1 is 1.00 bits per heavy atom. The summed E-state index contributed by atoms with van der Waals surface area (Å²) < 4.78 is 13.4. The summed E-state index contributed by atoms with van der Waals surface area (Å²) in [6, 6.07) is 12.7. The molecule has 0 aliphatic heterocycles. The average molecular weight is 303 g/mol. The first-order valence-electron chi connectivity index (χ1n) is 7.37. The summed E-state index contributed by atoms with van der Waals surface area (Å²) in [5.74, 6) is 0.634. The Morgan fingerprint density at radius 3 is 2.65 bits per heavy atom. The molecule has 4 aromatic rings. The Morgan fingerprint density at radius 2 is 1.87 bits per heavy atom. The molecule has 2 heterocycles. The van der Waals surface area contributed by atoms with E-state index in [4.69, 9.17) is 0 Å². The van der Waals surface area contributed by atoms with Gasteiger partial charge >= 0.3 is 0 Å². The first-order valence-corrected chi connectivity index (χ1v) is 7.37. The number of nitrogens with zero attached hydrogens (tertiary/aromatic N) is 2. The van der Waals surface area contributed by atoms with Gasteiger partial charge in [-0.2, -0.15) is 0 Å². The Bertz CT molecular complexity index is 1000. The van der Waals surface area contributed by atoms with E-state index in [1.807, 2.05) is 49.8 Å². The number of hydrogen-bond donors (Lipinski definition) is 1. The molecule has 3 nitrogen and oxygen atoms in total. The molecule has 112 valence electrons. The molecule has 0 fully saturated rings. The van der Waals surface area contributed by atoms with Gasteiger partial charge in [-0.3, -0.25) is 4.98 Å². The lowest BCUT2D eigenvalue weighted by Crippen LogP contribution is -1.86. The summed E-state index contributed by atoms with van der Waals surface area (Å²) in [6.45, 7) is 1.92. The van der Waals surface area contributed by atoms with Crippen LogP contribution in [0, 0.1) is 12.7 Å². The molecule has 0 spiro atoms. The fourth-order valence-corrected chi connectivity index (χ4v) is 2.78. The van der Waals surface area contributed by atoms with E-state index in [9.17, 15) is 4.39 Å². The lowest BCUT2D eigenvalue weighted by molar-refractivity contribution is 0.628. The van der Waals surface area contributed by atoms with E-state index in [0.29, 0.717) is 0 Å². The van der Waals surface area contributed by atoms with Crippen molar-refractivity contribution < 1.29 is 4.39 Å². The number of aromatic nitrogens is 3. The van der Waals surface area contributed by atoms with Crippen LogP contribution in [0.2, 0.25) is 0 Å². The van der Waals surface area contributed by atoms with Crippen LogP contribution in [0.1, 0.15) is 5.82 Å². The molecule has 0 saturated heterocycles. The van der Waals surface area contributed by atoms with Gasteiger partial charge in [0.05, 0.1) is 5.69 Å². The smallest absolute Gasteiger partial charge is 0.123 e. The Hall–Kier alpha value is -3.01. The normalized spacial score (nSPS) is 11.0. The lowest BCUT2D eigenvalue weighted by atomic mass is 9.99. The van der Waals surface area contributed by atoms with Gasteiger partial charge in [0.15, 0.2) is 0 Å². The molecule has 1 N–H and O–H groups in total. The molecule has 0 radical (unpaired) electrons. The SMILES string of the molecule is Cc1nc(-c2cncc3cc(-c4cccc(F)c4)ccc23)c[nH]1. The van der Waals surface area contributed by atoms with E-state index < -0.39 is 0 Å². The summed E-state index contributed by atoms with van der Waals surface area (Å²) in [7, 11) is 0. The molecule has 0 unspecified atom stereocenters. The van der Waals surface area contributed by atoms with Crippen LogP contribution in [0.15, 0.2) is 61.1 Å². The van der Waals surface area contributed by atoms with Crippen LogP contribution < -0.4 is 0 Å². The second-order valence-electron chi connectivity index (χ2n) is 5.50. The van der Waals surface area contributed by atoms with Gasteiger partial charge in [-0.15, -0.1) is 0 Å². The molecule has 0 saturated carbocycles. The van der Waals surface area contributed by atoms with Crippen molar-refractivity contribution in [3.63, 3.8) is 0 Å². The molecule has 0 bridgehead atoms. The summed E-state index contributed by atoms with van der Waals surface area (Å²) in [4.78, 5) is 11.9. The molecule has 4 heteroatoms. The van der Waals surface area contributed by atoms with Crippen LogP contribution in [0.4, 0.5) is 4.39 Å². The van der Waals surface area contributed by atoms with Crippen LogP contribution >= 0.6 is 0 Å². The third kappa shape index (κ3) is 2.48. The monoisotopic (exact) mass is 303 g/mol. The van der Waals surface area contributed by atoms with Gasteiger partial charge in [0, 0.05) is 29.5 Å². The van der Waals surface area contributed by atoms with E-state index in [1.54, 1.807) is 6.07 Å². The number of rotatable bonds is 2. The largest absolute Gasteiger partial charge is 0.348 e. The highest BCUT2D eigenvalue weighted by molar-refractivity contribution is 5.97. The van der Waals surface area contributed by atoms with Crippen LogP contribution in [0.25, 0.3) is 33.2 Å². The van der Waals surface area contributed by atoms with E-state index in [0.717, 1.165) is 39.0 Å². The van der Waals surface area contributed by atoms with Crippen molar-refractivity contribution in [2.24, 2.45) is 0 Å². The van der Waals surface area contributed by atoms with E-state index in [2.05, 4.69) is 15.0 Å². The molecule has 0 amide bonds. The van der Waals surface area contributed by atoms with Gasteiger partial charge in [-0.25, -0.2) is 9.37 Å². The minimum atomic E-state index is -0.235. The van der Waals surface area contributed by atoms with Crippen molar-refractivity contribution in [3.8, 4) is 22.4 Å². The number of aromatic amines is 1. The van der Waals surface area contributed by atoms with Crippen molar-refractivity contribution in [2.75, 3.05) is 0 Å². The number of fused-ring (bicyclic) bond motifs is 1. The highest BCUT2D eigenvalue weighted by Gasteiger charge is 2.08. The zero-order chi connectivity index (χ0) is 15.8. The standard InChI is InChI=1S/C19H14FN3/c1-12-22-11-19(23-12)18-10-21-9-15-7-14(5-6-17(15)18)13-3-2-4-16(20)8-13/h2-11H,1H3,(H,22,23). The minimum Gasteiger partial charge on any atom is -0.348 e. The van der Waals surface area contributed by atoms with Gasteiger partial charge in [0.2, 0.25) is 0 Å². The maximum atomic E-state index is 13.4. The zero-order valence-electron chi connectivity index (χ0n) is 12.5. The first kappa shape index (κ1) is 13.6. The summed E-state index contributed by atoms with van der Waals surface area (Å²) in [6.07, 6.45) is 5.52. The Balaban J connectivity index is 1.88. The van der Waals surface area contributed by atoms with Crippen molar-refractivity contribution in [1.29, 1.82) is 0 Å². The number of nitrogens with one attached hydrogen (secondary N) is 1. The zero-order valence-corrected chi connectivity index (χ0v) is 12.5. The molecular formula is C19H14FN3. The van der Waals surface area contributed by atoms with Crippen LogP contribution in [-0.2, 0) is 0 Å². The first-order chi connectivity index (χ1) is 11.2. The van der Waals surface area contributed by atoms with Crippen molar-refractivity contribution in [1.82, 2.24) is 15.0 Å². The maximum Gasteiger partial charge on any atom is 0.123 e. The molecule has 0 atom stereocenters. The predicted octanol–water partition coefficient (Wildman–Crippen LogP) is 4.74. The van der Waals surface area contributed by atoms with Crippen LogP contribution in [-0.4, -0.2) is 15.0 Å². The molecular weight excluding hydrogens is 289 g/mol. The molecule has 2 aromatic heterocycles. The number of pyridine rings is 1. The van der Waals surface area contributed by atoms with E-state index >= 15 is 0 Å². The fraction of sp³-hybridized carbons (Fsp3) is 0.0526. The van der Waals surface area contributed by atoms with Gasteiger partial charge < -0.3 is 4.98 Å². The number of aryl methyl sites for hydroxylation is 1. The van der Waals surface area contributed by atoms with Crippen molar-refractivity contribution in [2.45, 2.75) is 6.92 Å². The van der Waals surface area contributed by atoms with Crippen molar-refractivity contribution >= 4 is 10.8 Å². The van der Waals surface area contributed by atoms with Gasteiger partial charge in [-0.05, 0) is 41.6 Å². The quantitative estimate of drug-likeness (QED) is 0.581. The third-order valence-corrected chi connectivity index (χ3v) is 3.90. The summed E-state index contributed by atoms with van der Waals surface area (Å²) >= 11 is 0. The van der Waals surface area contributed by atoms with E-state index in [1.165, 1.54) is 12.1 Å². The van der Waals surface area contributed by atoms with Gasteiger partial charge in [-0.1, -0.05) is 24.3 Å². The molecule has 0 aliphatic carbocycles. The minimum absolute atomic E-state index is 0.235. The third-order valence-electron chi connectivity index (χ3n) is 3.90. The second-order valence-corrected chi connectivity index (χ2v) is 5.50. The Kier molecular flexibility index (Phi) is 3.15. The number of H-pyrrole nitrogens is 1. The number of hydrogen-bond acceptors (Lipinski definition) is 2. The number of benzene rings is 2. The topological polar surface area (TPSA) is 41.6 Å². The maximum absolute atomic E-state index is 13.4. The molecule has 23 heavy (non-hydrogen) atoms. The number of halogens is 1. The predicted molar refractivity (Wildman–Crippen MR) is 89.5 cm³/mol.